The SMILES string of the molecule is Cc1cc(C)nc(N2CCC[C@@H]2CO)n1. The average molecular weight is 207 g/mol. The lowest BCUT2D eigenvalue weighted by Crippen LogP contribution is -2.33. The Hall–Kier alpha value is -1.16. The molecule has 0 aliphatic carbocycles. The molecule has 0 unspecified atom stereocenters. The Bertz CT molecular complexity index is 333. The Labute approximate surface area is 90.0 Å². The summed E-state index contributed by atoms with van der Waals surface area (Å²) in [7, 11) is 0. The van der Waals surface area contributed by atoms with E-state index in [1.165, 1.54) is 0 Å². The predicted octanol–water partition coefficient (Wildman–Crippen LogP) is 1.05. The third-order valence-electron chi connectivity index (χ3n) is 2.82. The number of hydrogen-bond acceptors (Lipinski definition) is 4. The van der Waals surface area contributed by atoms with Crippen molar-refractivity contribution in [1.82, 2.24) is 9.97 Å². The summed E-state index contributed by atoms with van der Waals surface area (Å²) >= 11 is 0. The average Bonchev–Trinajstić information content (AvgIpc) is 2.63. The number of aryl methyl sites for hydroxylation is 2. The molecule has 1 aliphatic rings. The van der Waals surface area contributed by atoms with Crippen LogP contribution in [-0.4, -0.2) is 34.3 Å². The fourth-order valence-electron chi connectivity index (χ4n) is 2.12. The van der Waals surface area contributed by atoms with Crippen LogP contribution in [0, 0.1) is 13.8 Å². The molecule has 1 N–H and O–H groups in total. The molecule has 1 aromatic heterocycles. The van der Waals surface area contributed by atoms with Gasteiger partial charge in [0.05, 0.1) is 12.6 Å². The summed E-state index contributed by atoms with van der Waals surface area (Å²) in [5.41, 5.74) is 1.97. The summed E-state index contributed by atoms with van der Waals surface area (Å²) in [5, 5.41) is 9.24. The highest BCUT2D eigenvalue weighted by Crippen LogP contribution is 2.22. The largest absolute Gasteiger partial charge is 0.394 e. The van der Waals surface area contributed by atoms with Crippen LogP contribution in [0.4, 0.5) is 5.95 Å². The first-order chi connectivity index (χ1) is 7.20. The van der Waals surface area contributed by atoms with Gasteiger partial charge in [-0.1, -0.05) is 0 Å². The van der Waals surface area contributed by atoms with Gasteiger partial charge in [-0.05, 0) is 32.8 Å². The van der Waals surface area contributed by atoms with Gasteiger partial charge in [0.25, 0.3) is 0 Å². The fourth-order valence-corrected chi connectivity index (χ4v) is 2.12. The van der Waals surface area contributed by atoms with E-state index < -0.39 is 0 Å². The minimum Gasteiger partial charge on any atom is -0.394 e. The number of rotatable bonds is 2. The second-order valence-electron chi connectivity index (χ2n) is 4.12. The zero-order valence-electron chi connectivity index (χ0n) is 9.27. The number of anilines is 1. The zero-order valence-corrected chi connectivity index (χ0v) is 9.27. The van der Waals surface area contributed by atoms with E-state index >= 15 is 0 Å². The first-order valence-electron chi connectivity index (χ1n) is 5.40. The lowest BCUT2D eigenvalue weighted by Gasteiger charge is -2.23. The number of aromatic nitrogens is 2. The maximum atomic E-state index is 9.24. The molecular weight excluding hydrogens is 190 g/mol. The predicted molar refractivity (Wildman–Crippen MR) is 59.0 cm³/mol. The number of hydrogen-bond donors (Lipinski definition) is 1. The Morgan fingerprint density at radius 1 is 1.40 bits per heavy atom. The van der Waals surface area contributed by atoms with Crippen LogP contribution in [0.25, 0.3) is 0 Å². The van der Waals surface area contributed by atoms with Crippen molar-refractivity contribution in [3.8, 4) is 0 Å². The van der Waals surface area contributed by atoms with E-state index in [0.717, 1.165) is 36.7 Å². The summed E-state index contributed by atoms with van der Waals surface area (Å²) in [6.45, 7) is 5.09. The van der Waals surface area contributed by atoms with Gasteiger partial charge in [0, 0.05) is 17.9 Å². The van der Waals surface area contributed by atoms with Gasteiger partial charge in [0.2, 0.25) is 5.95 Å². The molecule has 0 saturated carbocycles. The summed E-state index contributed by atoms with van der Waals surface area (Å²) in [5.74, 6) is 0.768. The van der Waals surface area contributed by atoms with E-state index in [1.807, 2.05) is 19.9 Å². The zero-order chi connectivity index (χ0) is 10.8. The minimum absolute atomic E-state index is 0.191. The summed E-state index contributed by atoms with van der Waals surface area (Å²) in [4.78, 5) is 10.9. The molecule has 1 aromatic rings. The summed E-state index contributed by atoms with van der Waals surface area (Å²) in [6, 6.07) is 2.17. The van der Waals surface area contributed by atoms with Crippen LogP contribution in [0.3, 0.4) is 0 Å². The topological polar surface area (TPSA) is 49.2 Å². The normalized spacial score (nSPS) is 21.0. The summed E-state index contributed by atoms with van der Waals surface area (Å²) in [6.07, 6.45) is 2.15. The molecule has 82 valence electrons. The molecule has 0 aromatic carbocycles. The maximum Gasteiger partial charge on any atom is 0.226 e. The van der Waals surface area contributed by atoms with Crippen LogP contribution >= 0.6 is 0 Å². The van der Waals surface area contributed by atoms with Gasteiger partial charge in [-0.3, -0.25) is 0 Å². The van der Waals surface area contributed by atoms with Crippen molar-refractivity contribution < 1.29 is 5.11 Å². The number of aliphatic hydroxyl groups is 1. The van der Waals surface area contributed by atoms with E-state index in [0.29, 0.717) is 0 Å². The smallest absolute Gasteiger partial charge is 0.226 e. The second-order valence-corrected chi connectivity index (χ2v) is 4.12. The van der Waals surface area contributed by atoms with Gasteiger partial charge in [0.1, 0.15) is 0 Å². The molecule has 0 spiro atoms. The van der Waals surface area contributed by atoms with Crippen molar-refractivity contribution in [2.24, 2.45) is 0 Å². The molecule has 2 rings (SSSR count). The van der Waals surface area contributed by atoms with E-state index in [1.54, 1.807) is 0 Å². The van der Waals surface area contributed by atoms with Crippen LogP contribution in [0.1, 0.15) is 24.2 Å². The monoisotopic (exact) mass is 207 g/mol. The van der Waals surface area contributed by atoms with Crippen LogP contribution in [0.2, 0.25) is 0 Å². The van der Waals surface area contributed by atoms with Crippen LogP contribution in [-0.2, 0) is 0 Å². The van der Waals surface area contributed by atoms with E-state index in [-0.39, 0.29) is 12.6 Å². The highest BCUT2D eigenvalue weighted by molar-refractivity contribution is 5.35. The molecule has 0 radical (unpaired) electrons. The standard InChI is InChI=1S/C11H17N3O/c1-8-6-9(2)13-11(12-8)14-5-3-4-10(14)7-15/h6,10,15H,3-5,7H2,1-2H3/t10-/m1/s1. The molecule has 0 bridgehead atoms. The lowest BCUT2D eigenvalue weighted by atomic mass is 10.2. The van der Waals surface area contributed by atoms with Crippen molar-refractivity contribution in [3.05, 3.63) is 17.5 Å². The molecule has 1 atom stereocenters. The van der Waals surface area contributed by atoms with E-state index in [2.05, 4.69) is 14.9 Å². The van der Waals surface area contributed by atoms with Crippen LogP contribution in [0.5, 0.6) is 0 Å². The van der Waals surface area contributed by atoms with Gasteiger partial charge in [0.15, 0.2) is 0 Å². The van der Waals surface area contributed by atoms with Gasteiger partial charge < -0.3 is 10.0 Å². The van der Waals surface area contributed by atoms with Gasteiger partial charge >= 0.3 is 0 Å². The van der Waals surface area contributed by atoms with Crippen molar-refractivity contribution in [2.45, 2.75) is 32.7 Å². The molecule has 1 aliphatic heterocycles. The third-order valence-corrected chi connectivity index (χ3v) is 2.82. The van der Waals surface area contributed by atoms with Crippen molar-refractivity contribution in [3.63, 3.8) is 0 Å². The van der Waals surface area contributed by atoms with Gasteiger partial charge in [-0.25, -0.2) is 9.97 Å². The van der Waals surface area contributed by atoms with Crippen molar-refractivity contribution >= 4 is 5.95 Å². The molecule has 15 heavy (non-hydrogen) atoms. The Kier molecular flexibility index (Phi) is 2.86. The van der Waals surface area contributed by atoms with Crippen molar-refractivity contribution in [1.29, 1.82) is 0 Å². The Balaban J connectivity index is 2.28. The first kappa shape index (κ1) is 10.4. The lowest BCUT2D eigenvalue weighted by molar-refractivity contribution is 0.265. The quantitative estimate of drug-likeness (QED) is 0.787. The van der Waals surface area contributed by atoms with Crippen LogP contribution < -0.4 is 4.90 Å². The number of nitrogens with zero attached hydrogens (tertiary/aromatic N) is 3. The van der Waals surface area contributed by atoms with Crippen molar-refractivity contribution in [2.75, 3.05) is 18.1 Å². The second kappa shape index (κ2) is 4.14. The fraction of sp³-hybridized carbons (Fsp3) is 0.636. The molecule has 1 saturated heterocycles. The highest BCUT2D eigenvalue weighted by atomic mass is 16.3. The molecule has 1 fully saturated rings. The Morgan fingerprint density at radius 3 is 2.67 bits per heavy atom. The molecule has 2 heterocycles. The Morgan fingerprint density at radius 2 is 2.07 bits per heavy atom. The van der Waals surface area contributed by atoms with E-state index in [9.17, 15) is 5.11 Å². The number of aliphatic hydroxyl groups excluding tert-OH is 1. The first-order valence-corrected chi connectivity index (χ1v) is 5.40. The maximum absolute atomic E-state index is 9.24. The third kappa shape index (κ3) is 2.09. The molecule has 4 heteroatoms. The minimum atomic E-state index is 0.191. The van der Waals surface area contributed by atoms with Gasteiger partial charge in [-0.2, -0.15) is 0 Å². The molecular formula is C11H17N3O. The highest BCUT2D eigenvalue weighted by Gasteiger charge is 2.25. The summed E-state index contributed by atoms with van der Waals surface area (Å²) < 4.78 is 0. The van der Waals surface area contributed by atoms with E-state index in [4.69, 9.17) is 0 Å². The van der Waals surface area contributed by atoms with Gasteiger partial charge in [-0.15, -0.1) is 0 Å². The molecule has 0 amide bonds. The molecule has 4 nitrogen and oxygen atoms in total. The van der Waals surface area contributed by atoms with Crippen LogP contribution in [0.15, 0.2) is 6.07 Å².